The smallest absolute Gasteiger partial charge is 0.254 e. The van der Waals surface area contributed by atoms with Crippen molar-refractivity contribution in [1.29, 1.82) is 0 Å². The zero-order valence-corrected chi connectivity index (χ0v) is 13.0. The minimum Gasteiger partial charge on any atom is -0.398 e. The van der Waals surface area contributed by atoms with Gasteiger partial charge in [-0.1, -0.05) is 35.9 Å². The maximum Gasteiger partial charge on any atom is 0.254 e. The van der Waals surface area contributed by atoms with E-state index in [1.807, 2.05) is 38.1 Å². The number of carbonyl (C=O) groups excluding carboxylic acids is 1. The third kappa shape index (κ3) is 3.37. The number of benzene rings is 2. The van der Waals surface area contributed by atoms with Gasteiger partial charge in [0.1, 0.15) is 0 Å². The lowest BCUT2D eigenvalue weighted by Gasteiger charge is -2.23. The fourth-order valence-electron chi connectivity index (χ4n) is 2.22. The van der Waals surface area contributed by atoms with Crippen molar-refractivity contribution in [2.75, 3.05) is 12.3 Å². The Hall–Kier alpha value is -2.00. The minimum absolute atomic E-state index is 0.0271. The van der Waals surface area contributed by atoms with E-state index in [0.717, 1.165) is 11.1 Å². The summed E-state index contributed by atoms with van der Waals surface area (Å²) in [5, 5.41) is 0.608. The predicted octanol–water partition coefficient (Wildman–Crippen LogP) is 3.89. The Kier molecular flexibility index (Phi) is 4.86. The second kappa shape index (κ2) is 6.64. The van der Waals surface area contributed by atoms with Crippen LogP contribution in [0.1, 0.15) is 28.4 Å². The van der Waals surface area contributed by atoms with E-state index in [1.165, 1.54) is 0 Å². The first-order chi connectivity index (χ1) is 10.0. The molecule has 0 aliphatic rings. The average molecular weight is 303 g/mol. The summed E-state index contributed by atoms with van der Waals surface area (Å²) in [5.41, 5.74) is 9.06. The van der Waals surface area contributed by atoms with Crippen LogP contribution in [0.15, 0.2) is 42.5 Å². The van der Waals surface area contributed by atoms with Crippen LogP contribution in [0.25, 0.3) is 0 Å². The van der Waals surface area contributed by atoms with Crippen molar-refractivity contribution in [1.82, 2.24) is 4.90 Å². The zero-order chi connectivity index (χ0) is 15.4. The SMILES string of the molecule is CCN(Cc1ccccc1N)C(=O)c1cccc(Cl)c1C. The lowest BCUT2D eigenvalue weighted by Crippen LogP contribution is -2.31. The molecule has 0 aliphatic heterocycles. The van der Waals surface area contributed by atoms with Crippen molar-refractivity contribution >= 4 is 23.2 Å². The number of hydrogen-bond donors (Lipinski definition) is 1. The Morgan fingerprint density at radius 2 is 1.90 bits per heavy atom. The number of nitrogens with two attached hydrogens (primary N) is 1. The fourth-order valence-corrected chi connectivity index (χ4v) is 2.40. The normalized spacial score (nSPS) is 10.4. The second-order valence-electron chi connectivity index (χ2n) is 4.93. The van der Waals surface area contributed by atoms with Gasteiger partial charge in [0.25, 0.3) is 5.91 Å². The highest BCUT2D eigenvalue weighted by Gasteiger charge is 2.18. The molecule has 0 bridgehead atoms. The molecular formula is C17H19ClN2O. The Morgan fingerprint density at radius 3 is 2.57 bits per heavy atom. The topological polar surface area (TPSA) is 46.3 Å². The zero-order valence-electron chi connectivity index (χ0n) is 12.3. The molecule has 0 fully saturated rings. The van der Waals surface area contributed by atoms with E-state index in [-0.39, 0.29) is 5.91 Å². The standard InChI is InChI=1S/C17H19ClN2O/c1-3-20(11-13-7-4-5-10-16(13)19)17(21)14-8-6-9-15(18)12(14)2/h4-10H,3,11,19H2,1-2H3. The quantitative estimate of drug-likeness (QED) is 0.871. The summed E-state index contributed by atoms with van der Waals surface area (Å²) in [5.74, 6) is -0.0271. The summed E-state index contributed by atoms with van der Waals surface area (Å²) in [7, 11) is 0. The first kappa shape index (κ1) is 15.4. The summed E-state index contributed by atoms with van der Waals surface area (Å²) in [6.07, 6.45) is 0. The molecule has 2 rings (SSSR count). The van der Waals surface area contributed by atoms with Gasteiger partial charge in [-0.3, -0.25) is 4.79 Å². The number of rotatable bonds is 4. The third-order valence-electron chi connectivity index (χ3n) is 3.58. The van der Waals surface area contributed by atoms with Gasteiger partial charge in [0.2, 0.25) is 0 Å². The molecule has 2 aromatic carbocycles. The highest BCUT2D eigenvalue weighted by atomic mass is 35.5. The molecule has 2 aromatic rings. The van der Waals surface area contributed by atoms with Gasteiger partial charge in [-0.2, -0.15) is 0 Å². The molecular weight excluding hydrogens is 284 g/mol. The molecule has 0 aliphatic carbocycles. The van der Waals surface area contributed by atoms with Crippen LogP contribution >= 0.6 is 11.6 Å². The van der Waals surface area contributed by atoms with Gasteiger partial charge < -0.3 is 10.6 Å². The molecule has 110 valence electrons. The number of nitrogen functional groups attached to an aromatic ring is 1. The molecule has 0 heterocycles. The number of nitrogens with zero attached hydrogens (tertiary/aromatic N) is 1. The fraction of sp³-hybridized carbons (Fsp3) is 0.235. The number of amides is 1. The van der Waals surface area contributed by atoms with Crippen LogP contribution in [-0.4, -0.2) is 17.4 Å². The molecule has 0 saturated carbocycles. The van der Waals surface area contributed by atoms with Crippen molar-refractivity contribution in [2.24, 2.45) is 0 Å². The van der Waals surface area contributed by atoms with Gasteiger partial charge in [-0.15, -0.1) is 0 Å². The monoisotopic (exact) mass is 302 g/mol. The largest absolute Gasteiger partial charge is 0.398 e. The van der Waals surface area contributed by atoms with Crippen LogP contribution < -0.4 is 5.73 Å². The van der Waals surface area contributed by atoms with Crippen LogP contribution in [0.2, 0.25) is 5.02 Å². The highest BCUT2D eigenvalue weighted by molar-refractivity contribution is 6.31. The third-order valence-corrected chi connectivity index (χ3v) is 3.99. The van der Waals surface area contributed by atoms with Crippen molar-refractivity contribution in [2.45, 2.75) is 20.4 Å². The van der Waals surface area contributed by atoms with Crippen molar-refractivity contribution in [3.05, 3.63) is 64.2 Å². The second-order valence-corrected chi connectivity index (χ2v) is 5.34. The summed E-state index contributed by atoms with van der Waals surface area (Å²) in [6.45, 7) is 4.92. The van der Waals surface area contributed by atoms with Crippen LogP contribution in [-0.2, 0) is 6.54 Å². The van der Waals surface area contributed by atoms with Crippen molar-refractivity contribution in [3.8, 4) is 0 Å². The molecule has 0 radical (unpaired) electrons. The molecule has 4 heteroatoms. The number of halogens is 1. The first-order valence-corrected chi connectivity index (χ1v) is 7.30. The molecule has 0 saturated heterocycles. The van der Waals surface area contributed by atoms with Gasteiger partial charge >= 0.3 is 0 Å². The number of carbonyl (C=O) groups is 1. The van der Waals surface area contributed by atoms with Gasteiger partial charge in [-0.25, -0.2) is 0 Å². The van der Waals surface area contributed by atoms with E-state index >= 15 is 0 Å². The molecule has 21 heavy (non-hydrogen) atoms. The molecule has 0 unspecified atom stereocenters. The Labute approximate surface area is 130 Å². The van der Waals surface area contributed by atoms with E-state index in [4.69, 9.17) is 17.3 Å². The average Bonchev–Trinajstić information content (AvgIpc) is 2.48. The van der Waals surface area contributed by atoms with E-state index < -0.39 is 0 Å². The van der Waals surface area contributed by atoms with Crippen LogP contribution in [0, 0.1) is 6.92 Å². The summed E-state index contributed by atoms with van der Waals surface area (Å²) in [4.78, 5) is 14.5. The molecule has 0 spiro atoms. The molecule has 0 atom stereocenters. The number of para-hydroxylation sites is 1. The van der Waals surface area contributed by atoms with Gasteiger partial charge in [-0.05, 0) is 43.2 Å². The van der Waals surface area contributed by atoms with Crippen molar-refractivity contribution < 1.29 is 4.79 Å². The molecule has 3 nitrogen and oxygen atoms in total. The van der Waals surface area contributed by atoms with Gasteiger partial charge in [0.05, 0.1) is 0 Å². The Bertz CT molecular complexity index is 655. The van der Waals surface area contributed by atoms with Gasteiger partial charge in [0, 0.05) is 29.4 Å². The van der Waals surface area contributed by atoms with E-state index in [1.54, 1.807) is 23.1 Å². The number of hydrogen-bond acceptors (Lipinski definition) is 2. The maximum atomic E-state index is 12.7. The van der Waals surface area contributed by atoms with Crippen LogP contribution in [0.5, 0.6) is 0 Å². The first-order valence-electron chi connectivity index (χ1n) is 6.92. The Morgan fingerprint density at radius 1 is 1.19 bits per heavy atom. The molecule has 0 aromatic heterocycles. The van der Waals surface area contributed by atoms with Crippen molar-refractivity contribution in [3.63, 3.8) is 0 Å². The lowest BCUT2D eigenvalue weighted by atomic mass is 10.1. The van der Waals surface area contributed by atoms with E-state index in [9.17, 15) is 4.79 Å². The van der Waals surface area contributed by atoms with E-state index in [2.05, 4.69) is 0 Å². The highest BCUT2D eigenvalue weighted by Crippen LogP contribution is 2.21. The van der Waals surface area contributed by atoms with Crippen LogP contribution in [0.3, 0.4) is 0 Å². The lowest BCUT2D eigenvalue weighted by molar-refractivity contribution is 0.0752. The summed E-state index contributed by atoms with van der Waals surface area (Å²) in [6, 6.07) is 13.0. The Balaban J connectivity index is 2.27. The summed E-state index contributed by atoms with van der Waals surface area (Å²) < 4.78 is 0. The maximum absolute atomic E-state index is 12.7. The molecule has 2 N–H and O–H groups in total. The molecule has 1 amide bonds. The predicted molar refractivity (Wildman–Crippen MR) is 87.5 cm³/mol. The summed E-state index contributed by atoms with van der Waals surface area (Å²) >= 11 is 6.10. The van der Waals surface area contributed by atoms with E-state index in [0.29, 0.717) is 29.4 Å². The van der Waals surface area contributed by atoms with Gasteiger partial charge in [0.15, 0.2) is 0 Å². The number of anilines is 1. The minimum atomic E-state index is -0.0271. The van der Waals surface area contributed by atoms with Crippen LogP contribution in [0.4, 0.5) is 5.69 Å².